The topological polar surface area (TPSA) is 98.7 Å². The molecule has 0 radical (unpaired) electrons. The van der Waals surface area contributed by atoms with Gasteiger partial charge in [-0.2, -0.15) is 0 Å². The Morgan fingerprint density at radius 3 is 2.57 bits per heavy atom. The molecule has 21 heavy (non-hydrogen) atoms. The van der Waals surface area contributed by atoms with Crippen LogP contribution in [0, 0.1) is 15.5 Å². The third kappa shape index (κ3) is 4.16. The van der Waals surface area contributed by atoms with Gasteiger partial charge in [-0.3, -0.25) is 14.9 Å². The maximum atomic E-state index is 12.4. The summed E-state index contributed by atoms with van der Waals surface area (Å²) in [6.45, 7) is 4.85. The van der Waals surface area contributed by atoms with Gasteiger partial charge in [-0.05, 0) is 18.0 Å². The number of amides is 1. The summed E-state index contributed by atoms with van der Waals surface area (Å²) in [5.41, 5.74) is 5.63. The highest BCUT2D eigenvalue weighted by Crippen LogP contribution is 2.26. The number of nitro groups is 1. The SMILES string of the molecule is COc1cc([N+](=O)[O-])ccc1C(=O)N(C)CC(C)(C)CN. The summed E-state index contributed by atoms with van der Waals surface area (Å²) >= 11 is 0. The minimum Gasteiger partial charge on any atom is -0.496 e. The summed E-state index contributed by atoms with van der Waals surface area (Å²) in [5, 5.41) is 10.8. The molecule has 0 spiro atoms. The molecule has 0 aliphatic heterocycles. The zero-order valence-corrected chi connectivity index (χ0v) is 12.8. The van der Waals surface area contributed by atoms with Crippen LogP contribution >= 0.6 is 0 Å². The first-order chi connectivity index (χ1) is 9.71. The highest BCUT2D eigenvalue weighted by Gasteiger charge is 2.24. The maximum Gasteiger partial charge on any atom is 0.273 e. The number of hydrogen-bond donors (Lipinski definition) is 1. The Hall–Kier alpha value is -2.15. The van der Waals surface area contributed by atoms with Gasteiger partial charge in [0.25, 0.3) is 11.6 Å². The number of ether oxygens (including phenoxy) is 1. The van der Waals surface area contributed by atoms with Crippen molar-refractivity contribution in [1.29, 1.82) is 0 Å². The molecule has 0 unspecified atom stereocenters. The number of nitrogens with two attached hydrogens (primary N) is 1. The van der Waals surface area contributed by atoms with Crippen LogP contribution in [0.25, 0.3) is 0 Å². The lowest BCUT2D eigenvalue weighted by Gasteiger charge is -2.29. The Morgan fingerprint density at radius 2 is 2.10 bits per heavy atom. The maximum absolute atomic E-state index is 12.4. The first-order valence-corrected chi connectivity index (χ1v) is 6.50. The molecule has 1 amide bonds. The average Bonchev–Trinajstić information content (AvgIpc) is 2.45. The number of hydrogen-bond acceptors (Lipinski definition) is 5. The molecule has 0 saturated heterocycles. The number of nitro benzene ring substituents is 1. The number of rotatable bonds is 6. The summed E-state index contributed by atoms with van der Waals surface area (Å²) in [5.74, 6) is -0.0742. The van der Waals surface area contributed by atoms with Gasteiger partial charge in [0.2, 0.25) is 0 Å². The Kier molecular flexibility index (Phi) is 5.26. The third-order valence-corrected chi connectivity index (χ3v) is 3.19. The highest BCUT2D eigenvalue weighted by molar-refractivity contribution is 5.97. The van der Waals surface area contributed by atoms with E-state index < -0.39 is 4.92 Å². The predicted molar refractivity (Wildman–Crippen MR) is 79.4 cm³/mol. The molecule has 0 heterocycles. The van der Waals surface area contributed by atoms with Gasteiger partial charge in [0.05, 0.1) is 23.7 Å². The monoisotopic (exact) mass is 295 g/mol. The number of benzene rings is 1. The molecule has 7 heteroatoms. The van der Waals surface area contributed by atoms with Gasteiger partial charge < -0.3 is 15.4 Å². The fraction of sp³-hybridized carbons (Fsp3) is 0.500. The summed E-state index contributed by atoms with van der Waals surface area (Å²) in [6, 6.07) is 3.94. The van der Waals surface area contributed by atoms with Crippen molar-refractivity contribution in [1.82, 2.24) is 4.90 Å². The number of methoxy groups -OCH3 is 1. The van der Waals surface area contributed by atoms with E-state index in [1.165, 1.54) is 30.2 Å². The van der Waals surface area contributed by atoms with E-state index in [4.69, 9.17) is 10.5 Å². The quantitative estimate of drug-likeness (QED) is 0.635. The molecule has 0 aromatic heterocycles. The highest BCUT2D eigenvalue weighted by atomic mass is 16.6. The Balaban J connectivity index is 3.04. The van der Waals surface area contributed by atoms with E-state index in [0.717, 1.165) is 0 Å². The van der Waals surface area contributed by atoms with Crippen molar-refractivity contribution < 1.29 is 14.5 Å². The number of non-ortho nitro benzene ring substituents is 1. The van der Waals surface area contributed by atoms with Gasteiger partial charge in [0.1, 0.15) is 5.75 Å². The van der Waals surface area contributed by atoms with E-state index in [9.17, 15) is 14.9 Å². The average molecular weight is 295 g/mol. The Labute approximate surface area is 123 Å². The standard InChI is InChI=1S/C14H21N3O4/c1-14(2,8-15)9-16(3)13(18)11-6-5-10(17(19)20)7-12(11)21-4/h5-7H,8-9,15H2,1-4H3. The van der Waals surface area contributed by atoms with Crippen molar-refractivity contribution in [3.63, 3.8) is 0 Å². The van der Waals surface area contributed by atoms with Crippen molar-refractivity contribution >= 4 is 11.6 Å². The Bertz CT molecular complexity index is 543. The largest absolute Gasteiger partial charge is 0.496 e. The summed E-state index contributed by atoms with van der Waals surface area (Å²) < 4.78 is 5.09. The molecule has 0 aliphatic carbocycles. The van der Waals surface area contributed by atoms with Gasteiger partial charge in [-0.25, -0.2) is 0 Å². The van der Waals surface area contributed by atoms with Gasteiger partial charge in [0.15, 0.2) is 0 Å². The van der Waals surface area contributed by atoms with Crippen LogP contribution < -0.4 is 10.5 Å². The molecule has 0 saturated carbocycles. The van der Waals surface area contributed by atoms with Crippen LogP contribution in [0.5, 0.6) is 5.75 Å². The van der Waals surface area contributed by atoms with E-state index in [2.05, 4.69) is 0 Å². The molecular weight excluding hydrogens is 274 g/mol. The van der Waals surface area contributed by atoms with Crippen molar-refractivity contribution in [2.75, 3.05) is 27.2 Å². The van der Waals surface area contributed by atoms with Crippen LogP contribution in [0.4, 0.5) is 5.69 Å². The molecular formula is C14H21N3O4. The van der Waals surface area contributed by atoms with Crippen molar-refractivity contribution in [2.24, 2.45) is 11.1 Å². The second kappa shape index (κ2) is 6.53. The van der Waals surface area contributed by atoms with E-state index in [-0.39, 0.29) is 22.8 Å². The molecule has 7 nitrogen and oxygen atoms in total. The number of carbonyl (C=O) groups excluding carboxylic acids is 1. The minimum absolute atomic E-state index is 0.117. The van der Waals surface area contributed by atoms with Crippen LogP contribution in [-0.2, 0) is 0 Å². The Morgan fingerprint density at radius 1 is 1.48 bits per heavy atom. The smallest absolute Gasteiger partial charge is 0.273 e. The van der Waals surface area contributed by atoms with Gasteiger partial charge in [-0.1, -0.05) is 13.8 Å². The molecule has 1 rings (SSSR count). The van der Waals surface area contributed by atoms with Crippen LogP contribution in [0.15, 0.2) is 18.2 Å². The second-order valence-corrected chi connectivity index (χ2v) is 5.67. The van der Waals surface area contributed by atoms with Crippen LogP contribution in [0.3, 0.4) is 0 Å². The second-order valence-electron chi connectivity index (χ2n) is 5.67. The zero-order valence-electron chi connectivity index (χ0n) is 12.8. The van der Waals surface area contributed by atoms with Crippen LogP contribution in [-0.4, -0.2) is 43.0 Å². The van der Waals surface area contributed by atoms with Crippen molar-refractivity contribution in [3.8, 4) is 5.75 Å². The lowest BCUT2D eigenvalue weighted by molar-refractivity contribution is -0.384. The summed E-state index contributed by atoms with van der Waals surface area (Å²) in [6.07, 6.45) is 0. The van der Waals surface area contributed by atoms with E-state index in [1.54, 1.807) is 7.05 Å². The molecule has 2 N–H and O–H groups in total. The third-order valence-electron chi connectivity index (χ3n) is 3.19. The molecule has 0 fully saturated rings. The lowest BCUT2D eigenvalue weighted by Crippen LogP contribution is -2.39. The zero-order chi connectivity index (χ0) is 16.2. The van der Waals surface area contributed by atoms with Crippen LogP contribution in [0.2, 0.25) is 0 Å². The molecule has 0 bridgehead atoms. The predicted octanol–water partition coefficient (Wildman–Crippen LogP) is 1.66. The molecule has 1 aromatic rings. The normalized spacial score (nSPS) is 11.1. The fourth-order valence-electron chi connectivity index (χ4n) is 1.95. The molecule has 0 atom stereocenters. The fourth-order valence-corrected chi connectivity index (χ4v) is 1.95. The molecule has 116 valence electrons. The molecule has 1 aromatic carbocycles. The van der Waals surface area contributed by atoms with Crippen molar-refractivity contribution in [3.05, 3.63) is 33.9 Å². The minimum atomic E-state index is -0.530. The van der Waals surface area contributed by atoms with E-state index >= 15 is 0 Å². The molecule has 0 aliphatic rings. The van der Waals surface area contributed by atoms with E-state index in [0.29, 0.717) is 18.7 Å². The van der Waals surface area contributed by atoms with Gasteiger partial charge in [-0.15, -0.1) is 0 Å². The number of carbonyl (C=O) groups is 1. The summed E-state index contributed by atoms with van der Waals surface area (Å²) in [4.78, 5) is 24.2. The van der Waals surface area contributed by atoms with Crippen molar-refractivity contribution in [2.45, 2.75) is 13.8 Å². The lowest BCUT2D eigenvalue weighted by atomic mass is 9.93. The summed E-state index contributed by atoms with van der Waals surface area (Å²) in [7, 11) is 3.04. The first kappa shape index (κ1) is 16.9. The number of nitrogens with zero attached hydrogens (tertiary/aromatic N) is 2. The van der Waals surface area contributed by atoms with Gasteiger partial charge in [0, 0.05) is 19.7 Å². The van der Waals surface area contributed by atoms with Gasteiger partial charge >= 0.3 is 0 Å². The van der Waals surface area contributed by atoms with E-state index in [1.807, 2.05) is 13.8 Å². The van der Waals surface area contributed by atoms with Crippen LogP contribution in [0.1, 0.15) is 24.2 Å². The first-order valence-electron chi connectivity index (χ1n) is 6.50.